The Hall–Kier alpha value is -3.56. The fourth-order valence-corrected chi connectivity index (χ4v) is 7.09. The van der Waals surface area contributed by atoms with E-state index < -0.39 is 5.41 Å². The highest BCUT2D eigenvalue weighted by Crippen LogP contribution is 2.55. The van der Waals surface area contributed by atoms with E-state index in [9.17, 15) is 0 Å². The van der Waals surface area contributed by atoms with Gasteiger partial charge in [-0.25, -0.2) is 0 Å². The van der Waals surface area contributed by atoms with E-state index in [2.05, 4.69) is 115 Å². The van der Waals surface area contributed by atoms with E-state index in [0.29, 0.717) is 0 Å². The normalized spacial score (nSPS) is 14.7. The maximum absolute atomic E-state index is 5.16. The molecule has 0 aliphatic carbocycles. The first kappa shape index (κ1) is 19.0. The number of hydrogen-bond acceptors (Lipinski definition) is 2. The number of pyridine rings is 1. The number of aromatic nitrogens is 1. The Bertz CT molecular complexity index is 1420. The average molecular weight is 437 g/mol. The highest BCUT2D eigenvalue weighted by atomic mass is 32.2. The van der Waals surface area contributed by atoms with Crippen molar-refractivity contribution in [1.29, 1.82) is 0 Å². The zero-order chi connectivity index (χ0) is 21.8. The zero-order valence-corrected chi connectivity index (χ0v) is 18.8. The maximum Gasteiger partial charge on any atom is 0.244 e. The van der Waals surface area contributed by atoms with Crippen LogP contribution >= 0.6 is 11.8 Å². The van der Waals surface area contributed by atoms with Gasteiger partial charge in [0.05, 0.1) is 11.1 Å². The standard InChI is InChI=1S/C30H20BNS/c1-2-11-21(12-3-1)31-25-16-7-4-13-22(25)30(29-26(31)17-10-20-32-29)23-14-5-8-18-27(23)33-28-19-9-6-15-24(28)30/h1-20H. The fraction of sp³-hybridized carbons (Fsp3) is 0.0333. The van der Waals surface area contributed by atoms with Crippen LogP contribution in [-0.2, 0) is 5.41 Å². The molecule has 0 atom stereocenters. The number of fused-ring (bicyclic) bond motifs is 8. The van der Waals surface area contributed by atoms with Crippen molar-refractivity contribution >= 4 is 34.9 Å². The molecule has 0 N–H and O–H groups in total. The summed E-state index contributed by atoms with van der Waals surface area (Å²) in [5.41, 5.74) is 8.67. The Labute approximate surface area is 198 Å². The summed E-state index contributed by atoms with van der Waals surface area (Å²) < 4.78 is 0. The first-order chi connectivity index (χ1) is 16.4. The van der Waals surface area contributed by atoms with E-state index in [-0.39, 0.29) is 6.71 Å². The van der Waals surface area contributed by atoms with Gasteiger partial charge in [-0.15, -0.1) is 0 Å². The van der Waals surface area contributed by atoms with Crippen molar-refractivity contribution in [2.24, 2.45) is 0 Å². The highest BCUT2D eigenvalue weighted by Gasteiger charge is 2.52. The minimum absolute atomic E-state index is 0.158. The van der Waals surface area contributed by atoms with Crippen LogP contribution in [0.1, 0.15) is 22.4 Å². The lowest BCUT2D eigenvalue weighted by Crippen LogP contribution is -2.62. The Morgan fingerprint density at radius 1 is 0.545 bits per heavy atom. The van der Waals surface area contributed by atoms with Crippen LogP contribution in [0.2, 0.25) is 0 Å². The number of rotatable bonds is 1. The molecule has 0 saturated carbocycles. The van der Waals surface area contributed by atoms with Gasteiger partial charge in [-0.05, 0) is 40.4 Å². The average Bonchev–Trinajstić information content (AvgIpc) is 2.89. The molecule has 1 aromatic heterocycles. The summed E-state index contributed by atoms with van der Waals surface area (Å²) in [6.45, 7) is 0.158. The smallest absolute Gasteiger partial charge is 0.244 e. The van der Waals surface area contributed by atoms with Gasteiger partial charge >= 0.3 is 0 Å². The zero-order valence-electron chi connectivity index (χ0n) is 18.0. The third kappa shape index (κ3) is 2.54. The summed E-state index contributed by atoms with van der Waals surface area (Å²) in [4.78, 5) is 7.77. The molecule has 0 saturated heterocycles. The van der Waals surface area contributed by atoms with Gasteiger partial charge in [0.15, 0.2) is 0 Å². The van der Waals surface area contributed by atoms with E-state index in [1.165, 1.54) is 42.9 Å². The number of benzene rings is 4. The van der Waals surface area contributed by atoms with Crippen LogP contribution in [0.5, 0.6) is 0 Å². The van der Waals surface area contributed by atoms with Crippen LogP contribution in [0.3, 0.4) is 0 Å². The number of hydrogen-bond donors (Lipinski definition) is 0. The van der Waals surface area contributed by atoms with Gasteiger partial charge in [-0.3, -0.25) is 4.98 Å². The Balaban J connectivity index is 1.67. The van der Waals surface area contributed by atoms with Crippen molar-refractivity contribution in [1.82, 2.24) is 4.98 Å². The number of nitrogens with zero attached hydrogens (tertiary/aromatic N) is 1. The first-order valence-electron chi connectivity index (χ1n) is 11.4. The van der Waals surface area contributed by atoms with Gasteiger partial charge < -0.3 is 0 Å². The van der Waals surface area contributed by atoms with Crippen molar-refractivity contribution in [3.8, 4) is 0 Å². The minimum atomic E-state index is -0.434. The third-order valence-corrected chi connectivity index (χ3v) is 8.27. The SMILES string of the molecule is c1ccc(B2c3ccccc3C3(c4ccccc4Sc4ccccc43)c3ncccc32)cc1. The molecule has 3 heteroatoms. The molecule has 5 aromatic rings. The van der Waals surface area contributed by atoms with Gasteiger partial charge in [0, 0.05) is 16.0 Å². The van der Waals surface area contributed by atoms with Crippen molar-refractivity contribution in [2.75, 3.05) is 0 Å². The molecule has 4 aromatic carbocycles. The van der Waals surface area contributed by atoms with E-state index in [1.807, 2.05) is 18.0 Å². The van der Waals surface area contributed by atoms with Gasteiger partial charge in [0.1, 0.15) is 0 Å². The molecule has 1 spiro atoms. The molecule has 3 heterocycles. The third-order valence-electron chi connectivity index (χ3n) is 7.12. The van der Waals surface area contributed by atoms with E-state index in [4.69, 9.17) is 4.98 Å². The molecule has 154 valence electrons. The predicted molar refractivity (Wildman–Crippen MR) is 138 cm³/mol. The first-order valence-corrected chi connectivity index (χ1v) is 12.2. The van der Waals surface area contributed by atoms with Crippen LogP contribution in [0.25, 0.3) is 0 Å². The van der Waals surface area contributed by atoms with Crippen LogP contribution in [0.4, 0.5) is 0 Å². The second kappa shape index (κ2) is 7.23. The minimum Gasteiger partial charge on any atom is -0.260 e. The lowest BCUT2D eigenvalue weighted by molar-refractivity contribution is 0.682. The van der Waals surface area contributed by atoms with Gasteiger partial charge in [-0.1, -0.05) is 120 Å². The molecule has 2 aliphatic rings. The quantitative estimate of drug-likeness (QED) is 0.344. The molecule has 0 bridgehead atoms. The topological polar surface area (TPSA) is 12.9 Å². The van der Waals surface area contributed by atoms with Crippen LogP contribution in [0.15, 0.2) is 131 Å². The Kier molecular flexibility index (Phi) is 4.15. The molecule has 7 rings (SSSR count). The van der Waals surface area contributed by atoms with Crippen LogP contribution in [-0.4, -0.2) is 11.7 Å². The van der Waals surface area contributed by atoms with Crippen LogP contribution < -0.4 is 16.4 Å². The van der Waals surface area contributed by atoms with Gasteiger partial charge in [-0.2, -0.15) is 0 Å². The van der Waals surface area contributed by atoms with Crippen molar-refractivity contribution in [3.63, 3.8) is 0 Å². The Morgan fingerprint density at radius 2 is 1.12 bits per heavy atom. The molecule has 2 aliphatic heterocycles. The summed E-state index contributed by atoms with van der Waals surface area (Å²) in [7, 11) is 0. The molecular weight excluding hydrogens is 417 g/mol. The van der Waals surface area contributed by atoms with Crippen LogP contribution in [0, 0.1) is 0 Å². The maximum atomic E-state index is 5.16. The molecule has 0 fully saturated rings. The highest BCUT2D eigenvalue weighted by molar-refractivity contribution is 7.99. The fourth-order valence-electron chi connectivity index (χ4n) is 5.89. The van der Waals surface area contributed by atoms with Crippen molar-refractivity contribution < 1.29 is 0 Å². The summed E-state index contributed by atoms with van der Waals surface area (Å²) in [6.07, 6.45) is 1.96. The molecular formula is C30H20BNS. The van der Waals surface area contributed by atoms with Gasteiger partial charge in [0.2, 0.25) is 6.71 Å². The predicted octanol–water partition coefficient (Wildman–Crippen LogP) is 4.76. The molecule has 0 unspecified atom stereocenters. The monoisotopic (exact) mass is 437 g/mol. The lowest BCUT2D eigenvalue weighted by atomic mass is 9.31. The lowest BCUT2D eigenvalue weighted by Gasteiger charge is -2.46. The van der Waals surface area contributed by atoms with Gasteiger partial charge in [0.25, 0.3) is 0 Å². The van der Waals surface area contributed by atoms with E-state index in [1.54, 1.807) is 0 Å². The Morgan fingerprint density at radius 3 is 1.85 bits per heavy atom. The molecule has 0 radical (unpaired) electrons. The molecule has 33 heavy (non-hydrogen) atoms. The molecule has 0 amide bonds. The largest absolute Gasteiger partial charge is 0.260 e. The second-order valence-corrected chi connectivity index (χ2v) is 9.80. The van der Waals surface area contributed by atoms with E-state index >= 15 is 0 Å². The van der Waals surface area contributed by atoms with Crippen molar-refractivity contribution in [3.05, 3.63) is 144 Å². The summed E-state index contributed by atoms with van der Waals surface area (Å²) in [6, 6.07) is 42.0. The second-order valence-electron chi connectivity index (χ2n) is 8.72. The van der Waals surface area contributed by atoms with E-state index in [0.717, 1.165) is 5.69 Å². The summed E-state index contributed by atoms with van der Waals surface area (Å²) in [5.74, 6) is 0. The summed E-state index contributed by atoms with van der Waals surface area (Å²) in [5, 5.41) is 0. The molecule has 1 nitrogen and oxygen atoms in total. The summed E-state index contributed by atoms with van der Waals surface area (Å²) >= 11 is 1.87. The van der Waals surface area contributed by atoms with Crippen molar-refractivity contribution in [2.45, 2.75) is 15.2 Å².